The first-order valence-corrected chi connectivity index (χ1v) is 5.49. The van der Waals surface area contributed by atoms with Crippen LogP contribution in [0.3, 0.4) is 0 Å². The van der Waals surface area contributed by atoms with Crippen LogP contribution in [0.1, 0.15) is 25.7 Å². The maximum Gasteiger partial charge on any atom is 0.215 e. The summed E-state index contributed by atoms with van der Waals surface area (Å²) in [6.45, 7) is 3.05. The van der Waals surface area contributed by atoms with Gasteiger partial charge in [-0.25, -0.2) is 9.37 Å². The molecule has 16 heavy (non-hydrogen) atoms. The van der Waals surface area contributed by atoms with Crippen molar-refractivity contribution in [1.82, 2.24) is 10.3 Å². The summed E-state index contributed by atoms with van der Waals surface area (Å²) < 4.78 is 18.6. The Hall–Kier alpha value is -1.42. The van der Waals surface area contributed by atoms with Gasteiger partial charge in [0.15, 0.2) is 5.58 Å². The molecule has 2 heterocycles. The van der Waals surface area contributed by atoms with Gasteiger partial charge in [0.25, 0.3) is 0 Å². The first-order valence-electron chi connectivity index (χ1n) is 5.49. The van der Waals surface area contributed by atoms with Crippen molar-refractivity contribution in [3.63, 3.8) is 0 Å². The number of aromatic nitrogens is 1. The maximum atomic E-state index is 13.0. The molecule has 84 valence electrons. The van der Waals surface area contributed by atoms with Crippen molar-refractivity contribution in [2.24, 2.45) is 0 Å². The lowest BCUT2D eigenvalue weighted by Gasteiger charge is -2.19. The Morgan fingerprint density at radius 2 is 2.38 bits per heavy atom. The number of nitrogens with zero attached hydrogens (tertiary/aromatic N) is 1. The molecule has 1 aromatic heterocycles. The molecule has 1 unspecified atom stereocenters. The summed E-state index contributed by atoms with van der Waals surface area (Å²) in [5.74, 6) is 0.366. The largest absolute Gasteiger partial charge is 0.439 e. The lowest BCUT2D eigenvalue weighted by Crippen LogP contribution is -2.33. The summed E-state index contributed by atoms with van der Waals surface area (Å²) >= 11 is 0. The third-order valence-corrected chi connectivity index (χ3v) is 3.19. The van der Waals surface area contributed by atoms with Crippen molar-refractivity contribution >= 4 is 11.1 Å². The molecule has 0 aliphatic carbocycles. The zero-order valence-corrected chi connectivity index (χ0v) is 9.09. The number of fused-ring (bicyclic) bond motifs is 1. The zero-order chi connectivity index (χ0) is 11.2. The van der Waals surface area contributed by atoms with Crippen LogP contribution >= 0.6 is 0 Å². The van der Waals surface area contributed by atoms with E-state index >= 15 is 0 Å². The van der Waals surface area contributed by atoms with Gasteiger partial charge in [-0.15, -0.1) is 0 Å². The molecule has 1 aromatic carbocycles. The number of nitrogens with one attached hydrogen (secondary N) is 1. The Balaban J connectivity index is 2.11. The topological polar surface area (TPSA) is 38.1 Å². The van der Waals surface area contributed by atoms with Gasteiger partial charge in [-0.05, 0) is 38.4 Å². The Bertz CT molecular complexity index is 529. The predicted molar refractivity (Wildman–Crippen MR) is 58.6 cm³/mol. The molecule has 1 fully saturated rings. The van der Waals surface area contributed by atoms with Gasteiger partial charge in [0.05, 0.1) is 5.54 Å². The lowest BCUT2D eigenvalue weighted by molar-refractivity contribution is 0.330. The summed E-state index contributed by atoms with van der Waals surface area (Å²) in [4.78, 5) is 4.41. The van der Waals surface area contributed by atoms with Crippen LogP contribution in [0.15, 0.2) is 22.6 Å². The van der Waals surface area contributed by atoms with Crippen LogP contribution in [0.2, 0.25) is 0 Å². The van der Waals surface area contributed by atoms with Gasteiger partial charge in [-0.2, -0.15) is 0 Å². The highest BCUT2D eigenvalue weighted by Crippen LogP contribution is 2.31. The number of hydrogen-bond acceptors (Lipinski definition) is 3. The number of oxazole rings is 1. The fourth-order valence-electron chi connectivity index (χ4n) is 2.21. The number of halogens is 1. The van der Waals surface area contributed by atoms with E-state index in [2.05, 4.69) is 17.2 Å². The van der Waals surface area contributed by atoms with Crippen molar-refractivity contribution in [1.29, 1.82) is 0 Å². The van der Waals surface area contributed by atoms with Gasteiger partial charge in [-0.3, -0.25) is 0 Å². The highest BCUT2D eigenvalue weighted by molar-refractivity contribution is 5.72. The van der Waals surface area contributed by atoms with Gasteiger partial charge in [0.1, 0.15) is 11.3 Å². The normalized spacial score (nSPS) is 25.4. The molecule has 1 aliphatic rings. The van der Waals surface area contributed by atoms with E-state index in [0.717, 1.165) is 19.4 Å². The molecular weight excluding hydrogens is 207 g/mol. The summed E-state index contributed by atoms with van der Waals surface area (Å²) in [5.41, 5.74) is 1.03. The van der Waals surface area contributed by atoms with Gasteiger partial charge in [0, 0.05) is 6.07 Å². The molecule has 0 amide bonds. The summed E-state index contributed by atoms with van der Waals surface area (Å²) in [7, 11) is 0. The molecule has 0 bridgehead atoms. The van der Waals surface area contributed by atoms with E-state index in [9.17, 15) is 4.39 Å². The molecule has 1 aliphatic heterocycles. The Labute approximate surface area is 92.7 Å². The van der Waals surface area contributed by atoms with E-state index in [4.69, 9.17) is 4.42 Å². The third-order valence-electron chi connectivity index (χ3n) is 3.19. The fraction of sp³-hybridized carbons (Fsp3) is 0.417. The Morgan fingerprint density at radius 3 is 3.12 bits per heavy atom. The van der Waals surface area contributed by atoms with Crippen LogP contribution in [0.5, 0.6) is 0 Å². The van der Waals surface area contributed by atoms with E-state index < -0.39 is 0 Å². The van der Waals surface area contributed by atoms with Crippen molar-refractivity contribution in [2.75, 3.05) is 6.54 Å². The fourth-order valence-corrected chi connectivity index (χ4v) is 2.21. The van der Waals surface area contributed by atoms with Crippen LogP contribution in [0.4, 0.5) is 4.39 Å². The predicted octanol–water partition coefficient (Wildman–Crippen LogP) is 2.57. The molecule has 0 saturated carbocycles. The van der Waals surface area contributed by atoms with E-state index in [0.29, 0.717) is 17.0 Å². The SMILES string of the molecule is CC1(c2nc3ccc(F)cc3o2)CCCN1. The van der Waals surface area contributed by atoms with Gasteiger partial charge in [0.2, 0.25) is 5.89 Å². The third kappa shape index (κ3) is 1.41. The van der Waals surface area contributed by atoms with Crippen molar-refractivity contribution in [2.45, 2.75) is 25.3 Å². The van der Waals surface area contributed by atoms with Gasteiger partial charge >= 0.3 is 0 Å². The summed E-state index contributed by atoms with van der Waals surface area (Å²) in [6, 6.07) is 4.43. The first-order chi connectivity index (χ1) is 7.67. The summed E-state index contributed by atoms with van der Waals surface area (Å²) in [6.07, 6.45) is 2.12. The van der Waals surface area contributed by atoms with Crippen LogP contribution in [0, 0.1) is 5.82 Å². The zero-order valence-electron chi connectivity index (χ0n) is 9.09. The number of hydrogen-bond donors (Lipinski definition) is 1. The summed E-state index contributed by atoms with van der Waals surface area (Å²) in [5, 5.41) is 3.37. The monoisotopic (exact) mass is 220 g/mol. The molecule has 0 radical (unpaired) electrons. The van der Waals surface area contributed by atoms with Crippen molar-refractivity contribution < 1.29 is 8.81 Å². The van der Waals surface area contributed by atoms with E-state index in [1.807, 2.05) is 0 Å². The smallest absolute Gasteiger partial charge is 0.215 e. The Kier molecular flexibility index (Phi) is 2.01. The minimum absolute atomic E-state index is 0.199. The molecule has 2 aromatic rings. The molecular formula is C12H13FN2O. The van der Waals surface area contributed by atoms with Gasteiger partial charge in [-0.1, -0.05) is 0 Å². The lowest BCUT2D eigenvalue weighted by atomic mass is 10.0. The molecule has 3 rings (SSSR count). The standard InChI is InChI=1S/C12H13FN2O/c1-12(5-2-6-14-12)11-15-9-4-3-8(13)7-10(9)16-11/h3-4,7,14H,2,5-6H2,1H3. The second kappa shape index (κ2) is 3.28. The maximum absolute atomic E-state index is 13.0. The van der Waals surface area contributed by atoms with Gasteiger partial charge < -0.3 is 9.73 Å². The van der Waals surface area contributed by atoms with Crippen LogP contribution in [-0.2, 0) is 5.54 Å². The molecule has 4 heteroatoms. The average molecular weight is 220 g/mol. The quantitative estimate of drug-likeness (QED) is 0.802. The van der Waals surface area contributed by atoms with E-state index in [1.165, 1.54) is 12.1 Å². The average Bonchev–Trinajstić information content (AvgIpc) is 2.84. The van der Waals surface area contributed by atoms with E-state index in [1.54, 1.807) is 6.07 Å². The minimum atomic E-state index is -0.292. The molecule has 1 saturated heterocycles. The Morgan fingerprint density at radius 1 is 1.50 bits per heavy atom. The highest BCUT2D eigenvalue weighted by atomic mass is 19.1. The van der Waals surface area contributed by atoms with Crippen molar-refractivity contribution in [3.05, 3.63) is 29.9 Å². The van der Waals surface area contributed by atoms with Crippen molar-refractivity contribution in [3.8, 4) is 0 Å². The molecule has 0 spiro atoms. The second-order valence-corrected chi connectivity index (χ2v) is 4.49. The highest BCUT2D eigenvalue weighted by Gasteiger charge is 2.34. The first kappa shape index (κ1) is 9.78. The minimum Gasteiger partial charge on any atom is -0.439 e. The molecule has 1 N–H and O–H groups in total. The van der Waals surface area contributed by atoms with E-state index in [-0.39, 0.29) is 11.4 Å². The second-order valence-electron chi connectivity index (χ2n) is 4.49. The number of rotatable bonds is 1. The van der Waals surface area contributed by atoms with Crippen LogP contribution < -0.4 is 5.32 Å². The van der Waals surface area contributed by atoms with Crippen LogP contribution in [0.25, 0.3) is 11.1 Å². The van der Waals surface area contributed by atoms with Crippen LogP contribution in [-0.4, -0.2) is 11.5 Å². The number of benzene rings is 1. The molecule has 1 atom stereocenters. The molecule has 3 nitrogen and oxygen atoms in total.